The van der Waals surface area contributed by atoms with Crippen molar-refractivity contribution in [3.05, 3.63) is 52.6 Å². The highest BCUT2D eigenvalue weighted by atomic mass is 79.9. The Morgan fingerprint density at radius 3 is 2.58 bits per heavy atom. The second-order valence-electron chi connectivity index (χ2n) is 2.22. The summed E-state index contributed by atoms with van der Waals surface area (Å²) in [6.45, 7) is 9.02. The largest absolute Gasteiger partial charge is 0.118 e. The first-order valence-electron chi connectivity index (χ1n) is 3.44. The SMILES string of the molecule is [B]C(=C)C(C)=C=CC=C(Br)C=C. The summed E-state index contributed by atoms with van der Waals surface area (Å²) in [7, 11) is 5.42. The van der Waals surface area contributed by atoms with E-state index in [1.54, 1.807) is 12.2 Å². The summed E-state index contributed by atoms with van der Waals surface area (Å²) in [5.74, 6) is 0. The van der Waals surface area contributed by atoms with Crippen molar-refractivity contribution in [3.8, 4) is 0 Å². The average Bonchev–Trinajstić information content (AvgIpc) is 2.03. The van der Waals surface area contributed by atoms with E-state index in [1.807, 2.05) is 13.0 Å². The highest BCUT2D eigenvalue weighted by Gasteiger charge is 1.83. The summed E-state index contributed by atoms with van der Waals surface area (Å²) < 4.78 is 0.908. The van der Waals surface area contributed by atoms with Gasteiger partial charge in [-0.15, -0.1) is 12.3 Å². The summed E-state index contributed by atoms with van der Waals surface area (Å²) in [5.41, 5.74) is 4.34. The van der Waals surface area contributed by atoms with E-state index in [0.29, 0.717) is 5.47 Å². The fraction of sp³-hybridized carbons (Fsp3) is 0.100. The summed E-state index contributed by atoms with van der Waals surface area (Å²) in [6, 6.07) is 0. The molecule has 0 spiro atoms. The Balaban J connectivity index is 4.53. The van der Waals surface area contributed by atoms with Crippen LogP contribution in [-0.2, 0) is 0 Å². The van der Waals surface area contributed by atoms with Gasteiger partial charge in [0.05, 0.1) is 0 Å². The zero-order valence-corrected chi connectivity index (χ0v) is 8.69. The Bertz CT molecular complexity index is 278. The van der Waals surface area contributed by atoms with Crippen molar-refractivity contribution in [1.29, 1.82) is 0 Å². The Morgan fingerprint density at radius 2 is 2.17 bits per heavy atom. The van der Waals surface area contributed by atoms with Crippen LogP contribution in [0.5, 0.6) is 0 Å². The number of allylic oxidation sites excluding steroid dienone is 5. The van der Waals surface area contributed by atoms with Gasteiger partial charge in [0.15, 0.2) is 0 Å². The highest BCUT2D eigenvalue weighted by Crippen LogP contribution is 2.05. The quantitative estimate of drug-likeness (QED) is 0.389. The predicted octanol–water partition coefficient (Wildman–Crippen LogP) is 3.23. The molecule has 0 saturated heterocycles. The molecule has 2 heteroatoms. The first-order chi connectivity index (χ1) is 5.57. The van der Waals surface area contributed by atoms with Gasteiger partial charge < -0.3 is 0 Å². The predicted molar refractivity (Wildman–Crippen MR) is 59.4 cm³/mol. The fourth-order valence-electron chi connectivity index (χ4n) is 0.407. The number of rotatable bonds is 3. The maximum absolute atomic E-state index is 5.42. The molecule has 0 aliphatic heterocycles. The lowest BCUT2D eigenvalue weighted by Crippen LogP contribution is -1.76. The number of hydrogen-bond acceptors (Lipinski definition) is 0. The molecule has 0 aromatic heterocycles. The van der Waals surface area contributed by atoms with Crippen molar-refractivity contribution < 1.29 is 0 Å². The molecule has 0 heterocycles. The van der Waals surface area contributed by atoms with Crippen LogP contribution in [0.4, 0.5) is 0 Å². The van der Waals surface area contributed by atoms with Gasteiger partial charge in [0.25, 0.3) is 0 Å². The molecule has 0 fully saturated rings. The fourth-order valence-corrected chi connectivity index (χ4v) is 0.539. The average molecular weight is 221 g/mol. The molecule has 0 aliphatic carbocycles. The van der Waals surface area contributed by atoms with E-state index in [9.17, 15) is 0 Å². The molecule has 0 nitrogen and oxygen atoms in total. The van der Waals surface area contributed by atoms with Gasteiger partial charge in [-0.2, -0.15) is 0 Å². The molecule has 12 heavy (non-hydrogen) atoms. The highest BCUT2D eigenvalue weighted by molar-refractivity contribution is 9.11. The van der Waals surface area contributed by atoms with Crippen molar-refractivity contribution in [2.75, 3.05) is 0 Å². The van der Waals surface area contributed by atoms with Crippen molar-refractivity contribution in [2.45, 2.75) is 6.92 Å². The molecule has 0 N–H and O–H groups in total. The van der Waals surface area contributed by atoms with Gasteiger partial charge in [-0.05, 0) is 24.6 Å². The maximum atomic E-state index is 5.42. The van der Waals surface area contributed by atoms with Crippen LogP contribution in [0.25, 0.3) is 0 Å². The molecule has 0 unspecified atom stereocenters. The van der Waals surface area contributed by atoms with E-state index >= 15 is 0 Å². The van der Waals surface area contributed by atoms with E-state index in [1.165, 1.54) is 0 Å². The van der Waals surface area contributed by atoms with Crippen LogP contribution >= 0.6 is 15.9 Å². The minimum Gasteiger partial charge on any atom is -0.118 e. The zero-order valence-electron chi connectivity index (χ0n) is 7.10. The van der Waals surface area contributed by atoms with Crippen molar-refractivity contribution in [1.82, 2.24) is 0 Å². The topological polar surface area (TPSA) is 0 Å². The van der Waals surface area contributed by atoms with Gasteiger partial charge in [-0.3, -0.25) is 0 Å². The van der Waals surface area contributed by atoms with E-state index in [2.05, 4.69) is 34.8 Å². The summed E-state index contributed by atoms with van der Waals surface area (Å²) in [6.07, 6.45) is 5.29. The normalized spacial score (nSPS) is 10.0. The third-order valence-corrected chi connectivity index (χ3v) is 1.81. The second-order valence-corrected chi connectivity index (χ2v) is 3.13. The molecule has 0 atom stereocenters. The van der Waals surface area contributed by atoms with E-state index < -0.39 is 0 Å². The molecule has 0 aromatic rings. The molecule has 60 valence electrons. The Morgan fingerprint density at radius 1 is 1.58 bits per heavy atom. The van der Waals surface area contributed by atoms with Gasteiger partial charge >= 0.3 is 0 Å². The minimum atomic E-state index is 0.536. The first kappa shape index (κ1) is 11.3. The Kier molecular flexibility index (Phi) is 5.52. The van der Waals surface area contributed by atoms with Crippen molar-refractivity contribution in [2.24, 2.45) is 0 Å². The van der Waals surface area contributed by atoms with Crippen LogP contribution in [0.2, 0.25) is 0 Å². The molecule has 2 radical (unpaired) electrons. The lowest BCUT2D eigenvalue weighted by molar-refractivity contribution is 1.52. The smallest absolute Gasteiger partial charge is 0.114 e. The van der Waals surface area contributed by atoms with Gasteiger partial charge in [0, 0.05) is 4.48 Å². The second kappa shape index (κ2) is 5.88. The third-order valence-electron chi connectivity index (χ3n) is 1.22. The molecule has 0 amide bonds. The summed E-state index contributed by atoms with van der Waals surface area (Å²) in [4.78, 5) is 0. The Labute approximate surface area is 83.6 Å². The van der Waals surface area contributed by atoms with Gasteiger partial charge in [-0.1, -0.05) is 34.1 Å². The molecule has 0 bridgehead atoms. The molecule has 0 aliphatic rings. The Hall–Kier alpha value is -0.715. The maximum Gasteiger partial charge on any atom is 0.114 e. The monoisotopic (exact) mass is 220 g/mol. The minimum absolute atomic E-state index is 0.536. The van der Waals surface area contributed by atoms with E-state index in [0.717, 1.165) is 10.1 Å². The van der Waals surface area contributed by atoms with Crippen molar-refractivity contribution >= 4 is 23.8 Å². The zero-order chi connectivity index (χ0) is 9.56. The van der Waals surface area contributed by atoms with Crippen LogP contribution in [0.1, 0.15) is 6.92 Å². The van der Waals surface area contributed by atoms with Gasteiger partial charge in [-0.25, -0.2) is 0 Å². The van der Waals surface area contributed by atoms with Gasteiger partial charge in [0.2, 0.25) is 0 Å². The van der Waals surface area contributed by atoms with Crippen LogP contribution < -0.4 is 0 Å². The summed E-state index contributed by atoms with van der Waals surface area (Å²) in [5, 5.41) is 0. The molecular formula is C10H10BBr. The third kappa shape index (κ3) is 5.00. The molecule has 0 saturated carbocycles. The van der Waals surface area contributed by atoms with Crippen LogP contribution in [0.3, 0.4) is 0 Å². The lowest BCUT2D eigenvalue weighted by Gasteiger charge is -1.90. The molecule has 0 aromatic carbocycles. The van der Waals surface area contributed by atoms with Crippen LogP contribution in [0, 0.1) is 0 Å². The van der Waals surface area contributed by atoms with Crippen LogP contribution in [0.15, 0.2) is 52.6 Å². The van der Waals surface area contributed by atoms with Crippen molar-refractivity contribution in [3.63, 3.8) is 0 Å². The van der Waals surface area contributed by atoms with E-state index in [4.69, 9.17) is 7.85 Å². The number of halogens is 1. The summed E-state index contributed by atoms with van der Waals surface area (Å²) >= 11 is 3.27. The number of hydrogen-bond donors (Lipinski definition) is 0. The van der Waals surface area contributed by atoms with E-state index in [-0.39, 0.29) is 0 Å². The first-order valence-corrected chi connectivity index (χ1v) is 4.23. The lowest BCUT2D eigenvalue weighted by atomic mass is 9.91. The molecular weight excluding hydrogens is 211 g/mol. The molecule has 0 rings (SSSR count). The van der Waals surface area contributed by atoms with Gasteiger partial charge in [0.1, 0.15) is 7.85 Å². The van der Waals surface area contributed by atoms with Crippen LogP contribution in [-0.4, -0.2) is 7.85 Å². The standard InChI is InChI=1S/C10H10BBr/c1-4-10(12)7-5-6-8(2)9(3)11/h4-5,7H,1,3H2,2H3.